The number of carbonyl (C=O) groups excluding carboxylic acids is 4. The standard InChI is InChI=1S/C27H37N9O4/c28-26(40)35-13-8-18(9-14-35)24(38)32-27(30-20-7-6-19-16-29-33-22(19)15-20)31-21-5-1-2-12-36(25(21)39)17-23(37)34-10-3-4-11-34/h6-7,15-16,18,21H,1-5,8-14,17H2,(H2,28,40)(H,29,33)(H2,30,31,32,38). The van der Waals surface area contributed by atoms with Crippen molar-refractivity contribution in [2.45, 2.75) is 51.0 Å². The lowest BCUT2D eigenvalue weighted by molar-refractivity contribution is -0.140. The van der Waals surface area contributed by atoms with Crippen LogP contribution in [0.15, 0.2) is 29.4 Å². The number of amides is 5. The molecule has 0 aliphatic carbocycles. The average molecular weight is 552 g/mol. The highest BCUT2D eigenvalue weighted by Gasteiger charge is 2.31. The summed E-state index contributed by atoms with van der Waals surface area (Å²) in [6, 6.07) is 4.37. The molecule has 3 aliphatic heterocycles. The Morgan fingerprint density at radius 1 is 1.00 bits per heavy atom. The van der Waals surface area contributed by atoms with Crippen molar-refractivity contribution in [2.24, 2.45) is 16.6 Å². The van der Waals surface area contributed by atoms with E-state index in [1.54, 1.807) is 11.1 Å². The van der Waals surface area contributed by atoms with E-state index in [1.165, 1.54) is 4.90 Å². The van der Waals surface area contributed by atoms with E-state index in [9.17, 15) is 19.2 Å². The molecule has 13 nitrogen and oxygen atoms in total. The van der Waals surface area contributed by atoms with E-state index in [0.29, 0.717) is 44.6 Å². The Morgan fingerprint density at radius 3 is 2.50 bits per heavy atom. The number of rotatable bonds is 5. The molecule has 3 saturated heterocycles. The molecular weight excluding hydrogens is 514 g/mol. The summed E-state index contributed by atoms with van der Waals surface area (Å²) in [6.07, 6.45) is 6.76. The summed E-state index contributed by atoms with van der Waals surface area (Å²) in [7, 11) is 0. The van der Waals surface area contributed by atoms with Gasteiger partial charge in [0.2, 0.25) is 23.7 Å². The molecule has 2 aromatic rings. The van der Waals surface area contributed by atoms with Gasteiger partial charge in [-0.15, -0.1) is 0 Å². The van der Waals surface area contributed by atoms with Gasteiger partial charge in [-0.3, -0.25) is 24.8 Å². The van der Waals surface area contributed by atoms with Gasteiger partial charge in [-0.05, 0) is 63.1 Å². The number of guanidine groups is 1. The van der Waals surface area contributed by atoms with Gasteiger partial charge in [0, 0.05) is 49.7 Å². The summed E-state index contributed by atoms with van der Waals surface area (Å²) in [5.41, 5.74) is 6.86. The van der Waals surface area contributed by atoms with Crippen LogP contribution in [0.4, 0.5) is 10.5 Å². The van der Waals surface area contributed by atoms with Crippen molar-refractivity contribution in [1.29, 1.82) is 0 Å². The number of H-pyrrole nitrogens is 1. The van der Waals surface area contributed by atoms with Gasteiger partial charge in [0.05, 0.1) is 18.3 Å². The number of nitrogens with one attached hydrogen (secondary N) is 3. The first-order valence-corrected chi connectivity index (χ1v) is 14.1. The summed E-state index contributed by atoms with van der Waals surface area (Å²) in [4.78, 5) is 60.8. The number of nitrogens with zero attached hydrogens (tertiary/aromatic N) is 5. The smallest absolute Gasteiger partial charge is 0.314 e. The maximum absolute atomic E-state index is 13.6. The van der Waals surface area contributed by atoms with Gasteiger partial charge in [-0.25, -0.2) is 9.79 Å². The number of aliphatic imine (C=N–C) groups is 1. The summed E-state index contributed by atoms with van der Waals surface area (Å²) in [6.45, 7) is 2.85. The molecule has 0 spiro atoms. The number of fused-ring (bicyclic) bond motifs is 1. The zero-order valence-electron chi connectivity index (χ0n) is 22.6. The topological polar surface area (TPSA) is 169 Å². The number of benzene rings is 1. The van der Waals surface area contributed by atoms with Crippen molar-refractivity contribution < 1.29 is 19.2 Å². The minimum atomic E-state index is -0.732. The SMILES string of the molecule is NC(=O)N1CCC(C(=O)NC(=NC2CCCCN(CC(=O)N3CCCC3)C2=O)Nc2ccc3cn[nH]c3c2)CC1. The monoisotopic (exact) mass is 551 g/mol. The van der Waals surface area contributed by atoms with E-state index in [1.807, 2.05) is 23.1 Å². The third kappa shape index (κ3) is 6.52. The number of hydrogen-bond acceptors (Lipinski definition) is 6. The summed E-state index contributed by atoms with van der Waals surface area (Å²) in [5, 5.41) is 14.0. The fraction of sp³-hybridized carbons (Fsp3) is 0.556. The molecule has 0 bridgehead atoms. The maximum Gasteiger partial charge on any atom is 0.314 e. The Bertz CT molecular complexity index is 1280. The van der Waals surface area contributed by atoms with Crippen LogP contribution in [0.1, 0.15) is 44.9 Å². The number of likely N-dealkylation sites (tertiary alicyclic amines) is 3. The van der Waals surface area contributed by atoms with Gasteiger partial charge in [0.1, 0.15) is 6.04 Å². The molecule has 5 amide bonds. The van der Waals surface area contributed by atoms with Gasteiger partial charge in [-0.1, -0.05) is 0 Å². The Hall–Kier alpha value is -4.16. The van der Waals surface area contributed by atoms with Gasteiger partial charge >= 0.3 is 6.03 Å². The van der Waals surface area contributed by atoms with Crippen molar-refractivity contribution in [3.05, 3.63) is 24.4 Å². The minimum Gasteiger partial charge on any atom is -0.351 e. The van der Waals surface area contributed by atoms with Crippen LogP contribution >= 0.6 is 0 Å². The molecule has 0 radical (unpaired) electrons. The van der Waals surface area contributed by atoms with Crippen LogP contribution in [0.2, 0.25) is 0 Å². The van der Waals surface area contributed by atoms with Crippen molar-refractivity contribution >= 4 is 46.3 Å². The molecule has 1 aromatic heterocycles. The molecule has 3 aliphatic rings. The van der Waals surface area contributed by atoms with E-state index in [-0.39, 0.29) is 36.1 Å². The normalized spacial score (nSPS) is 21.0. The van der Waals surface area contributed by atoms with Crippen LogP contribution in [-0.4, -0.2) is 99.9 Å². The van der Waals surface area contributed by atoms with Crippen molar-refractivity contribution in [3.63, 3.8) is 0 Å². The van der Waals surface area contributed by atoms with Crippen LogP contribution in [0.25, 0.3) is 10.9 Å². The van der Waals surface area contributed by atoms with Crippen LogP contribution < -0.4 is 16.4 Å². The first-order chi connectivity index (χ1) is 19.4. The molecule has 1 unspecified atom stereocenters. The van der Waals surface area contributed by atoms with Crippen molar-refractivity contribution in [3.8, 4) is 0 Å². The van der Waals surface area contributed by atoms with Gasteiger partial charge in [-0.2, -0.15) is 5.10 Å². The third-order valence-corrected chi connectivity index (χ3v) is 7.95. The number of aromatic amines is 1. The van der Waals surface area contributed by atoms with Gasteiger partial charge in [0.15, 0.2) is 0 Å². The van der Waals surface area contributed by atoms with Crippen LogP contribution in [0, 0.1) is 5.92 Å². The van der Waals surface area contributed by atoms with Crippen LogP contribution in [0.5, 0.6) is 0 Å². The molecule has 0 saturated carbocycles. The largest absolute Gasteiger partial charge is 0.351 e. The number of urea groups is 1. The van der Waals surface area contributed by atoms with E-state index < -0.39 is 12.1 Å². The molecular formula is C27H37N9O4. The number of nitrogens with two attached hydrogens (primary N) is 1. The predicted octanol–water partition coefficient (Wildman–Crippen LogP) is 1.24. The number of aromatic nitrogens is 2. The number of piperidine rings is 1. The molecule has 3 fully saturated rings. The number of primary amides is 1. The molecule has 1 atom stereocenters. The highest BCUT2D eigenvalue weighted by Crippen LogP contribution is 2.21. The number of hydrogen-bond donors (Lipinski definition) is 4. The molecule has 40 heavy (non-hydrogen) atoms. The van der Waals surface area contributed by atoms with Crippen molar-refractivity contribution in [1.82, 2.24) is 30.2 Å². The maximum atomic E-state index is 13.6. The van der Waals surface area contributed by atoms with Crippen LogP contribution in [-0.2, 0) is 14.4 Å². The fourth-order valence-electron chi connectivity index (χ4n) is 5.58. The lowest BCUT2D eigenvalue weighted by atomic mass is 9.96. The van der Waals surface area contributed by atoms with E-state index in [2.05, 4.69) is 20.8 Å². The Morgan fingerprint density at radius 2 is 1.75 bits per heavy atom. The highest BCUT2D eigenvalue weighted by molar-refractivity contribution is 6.06. The zero-order chi connectivity index (χ0) is 28.1. The predicted molar refractivity (Wildman–Crippen MR) is 149 cm³/mol. The first kappa shape index (κ1) is 27.4. The minimum absolute atomic E-state index is 0.0303. The Balaban J connectivity index is 1.34. The van der Waals surface area contributed by atoms with Crippen molar-refractivity contribution in [2.75, 3.05) is 44.6 Å². The number of anilines is 1. The van der Waals surface area contributed by atoms with Gasteiger partial charge < -0.3 is 25.8 Å². The quantitative estimate of drug-likeness (QED) is 0.322. The lowest BCUT2D eigenvalue weighted by Crippen LogP contribution is -2.48. The Labute approximate surface area is 232 Å². The Kier molecular flexibility index (Phi) is 8.46. The lowest BCUT2D eigenvalue weighted by Gasteiger charge is -2.30. The first-order valence-electron chi connectivity index (χ1n) is 14.1. The highest BCUT2D eigenvalue weighted by atomic mass is 16.2. The van der Waals surface area contributed by atoms with E-state index in [0.717, 1.165) is 49.7 Å². The molecule has 1 aromatic carbocycles. The summed E-state index contributed by atoms with van der Waals surface area (Å²) < 4.78 is 0. The van der Waals surface area contributed by atoms with E-state index >= 15 is 0 Å². The second-order valence-electron chi connectivity index (χ2n) is 10.7. The third-order valence-electron chi connectivity index (χ3n) is 7.95. The van der Waals surface area contributed by atoms with E-state index in [4.69, 9.17) is 10.7 Å². The molecule has 214 valence electrons. The molecule has 13 heteroatoms. The zero-order valence-corrected chi connectivity index (χ0v) is 22.6. The second kappa shape index (κ2) is 12.3. The number of carbonyl (C=O) groups is 4. The fourth-order valence-corrected chi connectivity index (χ4v) is 5.58. The molecule has 5 rings (SSSR count). The summed E-state index contributed by atoms with van der Waals surface area (Å²) in [5.74, 6) is -0.626. The summed E-state index contributed by atoms with van der Waals surface area (Å²) >= 11 is 0. The average Bonchev–Trinajstić information content (AvgIpc) is 3.63. The van der Waals surface area contributed by atoms with Gasteiger partial charge in [0.25, 0.3) is 0 Å². The molecule has 4 heterocycles. The van der Waals surface area contributed by atoms with Crippen LogP contribution in [0.3, 0.4) is 0 Å². The molecule has 5 N–H and O–H groups in total. The second-order valence-corrected chi connectivity index (χ2v) is 10.7.